The fourth-order valence-corrected chi connectivity index (χ4v) is 6.34. The van der Waals surface area contributed by atoms with Gasteiger partial charge in [-0.05, 0) is 60.4 Å². The van der Waals surface area contributed by atoms with E-state index in [0.717, 1.165) is 52.5 Å². The van der Waals surface area contributed by atoms with Crippen molar-refractivity contribution in [3.05, 3.63) is 77.0 Å². The molecule has 1 N–H and O–H groups in total. The van der Waals surface area contributed by atoms with Crippen molar-refractivity contribution in [3.63, 3.8) is 0 Å². The Morgan fingerprint density at radius 1 is 1.02 bits per heavy atom. The Labute approximate surface area is 253 Å². The topological polar surface area (TPSA) is 131 Å². The summed E-state index contributed by atoms with van der Waals surface area (Å²) in [5.74, 6) is -1.50. The first kappa shape index (κ1) is 32.7. The van der Waals surface area contributed by atoms with Gasteiger partial charge in [-0.3, -0.25) is 4.79 Å². The van der Waals surface area contributed by atoms with E-state index in [1.54, 1.807) is 17.9 Å². The number of alkyl halides is 3. The molecule has 1 amide bonds. The van der Waals surface area contributed by atoms with Gasteiger partial charge in [0.05, 0.1) is 12.0 Å². The molecule has 11 nitrogen and oxygen atoms in total. The van der Waals surface area contributed by atoms with Crippen LogP contribution in [0, 0.1) is 6.92 Å². The molecule has 1 fully saturated rings. The van der Waals surface area contributed by atoms with Gasteiger partial charge < -0.3 is 19.7 Å². The first-order chi connectivity index (χ1) is 20.8. The predicted molar refractivity (Wildman–Crippen MR) is 153 cm³/mol. The lowest BCUT2D eigenvalue weighted by atomic mass is 10.1. The van der Waals surface area contributed by atoms with Crippen molar-refractivity contribution >= 4 is 27.7 Å². The Balaban J connectivity index is 1.59. The molecule has 0 bridgehead atoms. The van der Waals surface area contributed by atoms with E-state index >= 15 is 0 Å². The number of halogens is 3. The smallest absolute Gasteiger partial charge is 0.464 e. The summed E-state index contributed by atoms with van der Waals surface area (Å²) in [7, 11) is -3.12. The molecule has 0 radical (unpaired) electrons. The van der Waals surface area contributed by atoms with Crippen molar-refractivity contribution in [3.8, 4) is 5.75 Å². The number of aromatic nitrogens is 2. The van der Waals surface area contributed by atoms with E-state index < -0.39 is 40.1 Å². The number of benzene rings is 2. The molecule has 15 heteroatoms. The first-order valence-electron chi connectivity index (χ1n) is 13.7. The maximum atomic E-state index is 13.7. The van der Waals surface area contributed by atoms with Crippen LogP contribution in [0.2, 0.25) is 0 Å². The number of carbonyl (C=O) groups is 2. The van der Waals surface area contributed by atoms with Crippen molar-refractivity contribution < 1.29 is 40.7 Å². The molecule has 4 rings (SSSR count). The van der Waals surface area contributed by atoms with Crippen LogP contribution in [0.1, 0.15) is 40.5 Å². The normalized spacial score (nSPS) is 16.0. The molecule has 1 aliphatic heterocycles. The van der Waals surface area contributed by atoms with Crippen molar-refractivity contribution in [2.75, 3.05) is 31.6 Å². The number of nitrogens with one attached hydrogen (secondary N) is 1. The van der Waals surface area contributed by atoms with Crippen LogP contribution in [-0.2, 0) is 32.5 Å². The van der Waals surface area contributed by atoms with Gasteiger partial charge >= 0.3 is 12.3 Å². The highest BCUT2D eigenvalue weighted by molar-refractivity contribution is 7.89. The minimum absolute atomic E-state index is 0.0228. The summed E-state index contributed by atoms with van der Waals surface area (Å²) in [6, 6.07) is 11.9. The summed E-state index contributed by atoms with van der Waals surface area (Å²) < 4.78 is 74.8. The standard InChI is InChI=1S/C29H32F3N5O6S/c1-4-5-20-6-8-21(9-7-20)17-33-27(38)24-18-36(25-16-19(2)26(35-34-25)28(39)42-3)14-15-37(24)44(40,41)23-12-10-22(11-13-23)43-29(30,31)32/h6-13,16,24H,4-5,14-15,17-18H2,1-3H3,(H,33,38). The zero-order chi connectivity index (χ0) is 32.1. The number of hydrogen-bond donors (Lipinski definition) is 1. The van der Waals surface area contributed by atoms with E-state index in [1.165, 1.54) is 7.11 Å². The summed E-state index contributed by atoms with van der Waals surface area (Å²) in [5, 5.41) is 10.9. The molecule has 0 spiro atoms. The lowest BCUT2D eigenvalue weighted by Gasteiger charge is -2.40. The molecule has 1 saturated heterocycles. The van der Waals surface area contributed by atoms with E-state index in [4.69, 9.17) is 4.74 Å². The van der Waals surface area contributed by atoms with E-state index in [-0.39, 0.29) is 36.8 Å². The van der Waals surface area contributed by atoms with E-state index in [0.29, 0.717) is 11.4 Å². The van der Waals surface area contributed by atoms with Crippen LogP contribution in [0.5, 0.6) is 5.75 Å². The second-order valence-electron chi connectivity index (χ2n) is 10.1. The van der Waals surface area contributed by atoms with Gasteiger partial charge in [-0.15, -0.1) is 23.4 Å². The largest absolute Gasteiger partial charge is 0.573 e. The molecule has 0 aliphatic carbocycles. The van der Waals surface area contributed by atoms with E-state index in [1.807, 2.05) is 24.3 Å². The Morgan fingerprint density at radius 2 is 1.68 bits per heavy atom. The number of hydrogen-bond acceptors (Lipinski definition) is 9. The molecule has 1 atom stereocenters. The summed E-state index contributed by atoms with van der Waals surface area (Å²) >= 11 is 0. The van der Waals surface area contributed by atoms with Crippen molar-refractivity contribution in [1.29, 1.82) is 0 Å². The Hall–Kier alpha value is -4.24. The highest BCUT2D eigenvalue weighted by Crippen LogP contribution is 2.28. The molecule has 2 aromatic carbocycles. The van der Waals surface area contributed by atoms with Gasteiger partial charge in [-0.1, -0.05) is 37.6 Å². The Kier molecular flexibility index (Phi) is 10.1. The second-order valence-corrected chi connectivity index (χ2v) is 12.0. The third-order valence-corrected chi connectivity index (χ3v) is 8.92. The Morgan fingerprint density at radius 3 is 2.27 bits per heavy atom. The van der Waals surface area contributed by atoms with Gasteiger partial charge in [-0.25, -0.2) is 13.2 Å². The molecule has 2 heterocycles. The molecule has 3 aromatic rings. The third kappa shape index (κ3) is 7.82. The number of aryl methyl sites for hydroxylation is 2. The van der Waals surface area contributed by atoms with Crippen molar-refractivity contribution in [2.24, 2.45) is 0 Å². The molecular formula is C29H32F3N5O6S. The minimum atomic E-state index is -4.94. The molecule has 44 heavy (non-hydrogen) atoms. The number of piperazine rings is 1. The fourth-order valence-electron chi connectivity index (χ4n) is 4.77. The number of nitrogens with zero attached hydrogens (tertiary/aromatic N) is 4. The van der Waals surface area contributed by atoms with Crippen LogP contribution < -0.4 is 15.0 Å². The van der Waals surface area contributed by atoms with Crippen LogP contribution in [0.25, 0.3) is 0 Å². The highest BCUT2D eigenvalue weighted by Gasteiger charge is 2.41. The number of ether oxygens (including phenoxy) is 2. The quantitative estimate of drug-likeness (QED) is 0.332. The predicted octanol–water partition coefficient (Wildman–Crippen LogP) is 3.62. The lowest BCUT2D eigenvalue weighted by Crippen LogP contribution is -2.60. The van der Waals surface area contributed by atoms with Gasteiger partial charge in [0.1, 0.15) is 11.8 Å². The number of sulfonamides is 1. The zero-order valence-electron chi connectivity index (χ0n) is 24.3. The number of rotatable bonds is 10. The van der Waals surface area contributed by atoms with E-state index in [9.17, 15) is 31.2 Å². The van der Waals surface area contributed by atoms with Crippen molar-refractivity contribution in [1.82, 2.24) is 19.8 Å². The van der Waals surface area contributed by atoms with Crippen LogP contribution in [0.15, 0.2) is 59.5 Å². The van der Waals surface area contributed by atoms with Crippen LogP contribution in [-0.4, -0.2) is 73.9 Å². The van der Waals surface area contributed by atoms with Gasteiger partial charge in [0.2, 0.25) is 15.9 Å². The number of carbonyl (C=O) groups excluding carboxylic acids is 2. The molecule has 1 unspecified atom stereocenters. The summed E-state index contributed by atoms with van der Waals surface area (Å²) in [6.07, 6.45) is -3.03. The summed E-state index contributed by atoms with van der Waals surface area (Å²) in [5.41, 5.74) is 2.48. The number of esters is 1. The maximum Gasteiger partial charge on any atom is 0.573 e. The monoisotopic (exact) mass is 635 g/mol. The van der Waals surface area contributed by atoms with Gasteiger partial charge in [0.15, 0.2) is 11.5 Å². The molecule has 0 saturated carbocycles. The zero-order valence-corrected chi connectivity index (χ0v) is 25.1. The lowest BCUT2D eigenvalue weighted by molar-refractivity contribution is -0.274. The van der Waals surface area contributed by atoms with Gasteiger partial charge in [-0.2, -0.15) is 4.31 Å². The average Bonchev–Trinajstić information content (AvgIpc) is 2.99. The SMILES string of the molecule is CCCc1ccc(CNC(=O)C2CN(c3cc(C)c(C(=O)OC)nn3)CCN2S(=O)(=O)c2ccc(OC(F)(F)F)cc2)cc1. The number of methoxy groups -OCH3 is 1. The van der Waals surface area contributed by atoms with Crippen LogP contribution in [0.4, 0.5) is 19.0 Å². The van der Waals surface area contributed by atoms with Crippen LogP contribution in [0.3, 0.4) is 0 Å². The van der Waals surface area contributed by atoms with Gasteiger partial charge in [0, 0.05) is 26.2 Å². The second kappa shape index (κ2) is 13.6. The van der Waals surface area contributed by atoms with Crippen LogP contribution >= 0.6 is 0 Å². The summed E-state index contributed by atoms with van der Waals surface area (Å²) in [4.78, 5) is 26.9. The molecule has 1 aliphatic rings. The van der Waals surface area contributed by atoms with Gasteiger partial charge in [0.25, 0.3) is 0 Å². The highest BCUT2D eigenvalue weighted by atomic mass is 32.2. The van der Waals surface area contributed by atoms with E-state index in [2.05, 4.69) is 27.2 Å². The fraction of sp³-hybridized carbons (Fsp3) is 0.379. The minimum Gasteiger partial charge on any atom is -0.464 e. The molecule has 1 aromatic heterocycles. The Bertz CT molecular complexity index is 1580. The number of amides is 1. The molecular weight excluding hydrogens is 603 g/mol. The first-order valence-corrected chi connectivity index (χ1v) is 15.2. The summed E-state index contributed by atoms with van der Waals surface area (Å²) in [6.45, 7) is 3.72. The maximum absolute atomic E-state index is 13.7. The van der Waals surface area contributed by atoms with Crippen molar-refractivity contribution in [2.45, 2.75) is 50.5 Å². The number of anilines is 1. The third-order valence-electron chi connectivity index (χ3n) is 7.00. The average molecular weight is 636 g/mol. The molecule has 236 valence electrons.